The Hall–Kier alpha value is -2.31. The molecule has 0 radical (unpaired) electrons. The average molecular weight is 286 g/mol. The molecule has 0 amide bonds. The predicted octanol–water partition coefficient (Wildman–Crippen LogP) is 1.02. The summed E-state index contributed by atoms with van der Waals surface area (Å²) in [6.45, 7) is 4.56. The Morgan fingerprint density at radius 2 is 1.48 bits per heavy atom. The zero-order valence-corrected chi connectivity index (χ0v) is 11.6. The lowest BCUT2D eigenvalue weighted by atomic mass is 10.2. The standard InChI is InChI=1S/C11H8N2O2.C4H10N2/c14-11(15)9-6-12-10(13-7-9)8-4-2-1-3-5-8;1-2-6-4-3-5-1/h1-7H,(H,14,15);5-6H,1-4H2. The van der Waals surface area contributed by atoms with Crippen LogP contribution in [-0.2, 0) is 0 Å². The van der Waals surface area contributed by atoms with E-state index in [1.807, 2.05) is 30.3 Å². The first-order valence-corrected chi connectivity index (χ1v) is 6.79. The van der Waals surface area contributed by atoms with E-state index in [9.17, 15) is 4.79 Å². The minimum absolute atomic E-state index is 0.0923. The van der Waals surface area contributed by atoms with Gasteiger partial charge in [-0.1, -0.05) is 30.3 Å². The normalized spacial score (nSPS) is 13.9. The molecule has 6 nitrogen and oxygen atoms in total. The number of carbonyl (C=O) groups is 1. The predicted molar refractivity (Wildman–Crippen MR) is 80.2 cm³/mol. The molecule has 3 rings (SSSR count). The van der Waals surface area contributed by atoms with E-state index < -0.39 is 5.97 Å². The van der Waals surface area contributed by atoms with Crippen LogP contribution in [0.1, 0.15) is 10.4 Å². The fourth-order valence-corrected chi connectivity index (χ4v) is 1.78. The van der Waals surface area contributed by atoms with Crippen molar-refractivity contribution in [3.05, 3.63) is 48.3 Å². The van der Waals surface area contributed by atoms with Crippen LogP contribution in [0, 0.1) is 0 Å². The van der Waals surface area contributed by atoms with E-state index in [0.29, 0.717) is 5.82 Å². The maximum absolute atomic E-state index is 10.6. The van der Waals surface area contributed by atoms with E-state index in [1.165, 1.54) is 12.4 Å². The Morgan fingerprint density at radius 1 is 0.952 bits per heavy atom. The molecule has 21 heavy (non-hydrogen) atoms. The molecule has 1 fully saturated rings. The van der Waals surface area contributed by atoms with Gasteiger partial charge in [0.05, 0.1) is 5.56 Å². The number of hydrogen-bond donors (Lipinski definition) is 3. The fourth-order valence-electron chi connectivity index (χ4n) is 1.78. The highest BCUT2D eigenvalue weighted by molar-refractivity contribution is 5.86. The fraction of sp³-hybridized carbons (Fsp3) is 0.267. The first-order valence-electron chi connectivity index (χ1n) is 6.79. The summed E-state index contributed by atoms with van der Waals surface area (Å²) < 4.78 is 0. The maximum atomic E-state index is 10.6. The molecule has 110 valence electrons. The second-order valence-corrected chi connectivity index (χ2v) is 4.47. The molecule has 2 aromatic rings. The third-order valence-electron chi connectivity index (χ3n) is 2.89. The summed E-state index contributed by atoms with van der Waals surface area (Å²) in [5.74, 6) is -0.491. The van der Waals surface area contributed by atoms with Crippen LogP contribution >= 0.6 is 0 Å². The number of nitrogens with one attached hydrogen (secondary N) is 2. The van der Waals surface area contributed by atoms with Crippen molar-refractivity contribution >= 4 is 5.97 Å². The molecule has 1 aliphatic rings. The molecular formula is C15H18N4O2. The molecule has 1 aliphatic heterocycles. The third kappa shape index (κ3) is 4.94. The Kier molecular flexibility index (Phi) is 5.81. The van der Waals surface area contributed by atoms with Gasteiger partial charge in [0.15, 0.2) is 5.82 Å². The maximum Gasteiger partial charge on any atom is 0.338 e. The molecule has 1 saturated heterocycles. The summed E-state index contributed by atoms with van der Waals surface area (Å²) in [5, 5.41) is 15.1. The minimum Gasteiger partial charge on any atom is -0.478 e. The van der Waals surface area contributed by atoms with Gasteiger partial charge in [-0.3, -0.25) is 0 Å². The van der Waals surface area contributed by atoms with Crippen LogP contribution in [0.5, 0.6) is 0 Å². The van der Waals surface area contributed by atoms with Gasteiger partial charge in [-0.05, 0) is 0 Å². The Balaban J connectivity index is 0.000000225. The van der Waals surface area contributed by atoms with Crippen molar-refractivity contribution in [2.45, 2.75) is 0 Å². The highest BCUT2D eigenvalue weighted by Gasteiger charge is 2.04. The summed E-state index contributed by atoms with van der Waals surface area (Å²) in [6.07, 6.45) is 2.61. The highest BCUT2D eigenvalue weighted by atomic mass is 16.4. The highest BCUT2D eigenvalue weighted by Crippen LogP contribution is 2.12. The SMILES string of the molecule is C1CNCCN1.O=C(O)c1cnc(-c2ccccc2)nc1. The van der Waals surface area contributed by atoms with Gasteiger partial charge < -0.3 is 15.7 Å². The quantitative estimate of drug-likeness (QED) is 0.764. The third-order valence-corrected chi connectivity index (χ3v) is 2.89. The molecule has 3 N–H and O–H groups in total. The number of aromatic carboxylic acids is 1. The number of hydrogen-bond acceptors (Lipinski definition) is 5. The van der Waals surface area contributed by atoms with E-state index in [0.717, 1.165) is 31.7 Å². The molecule has 2 heterocycles. The number of piperazine rings is 1. The van der Waals surface area contributed by atoms with Crippen LogP contribution in [-0.4, -0.2) is 47.2 Å². The van der Waals surface area contributed by atoms with Gasteiger partial charge in [0.2, 0.25) is 0 Å². The lowest BCUT2D eigenvalue weighted by molar-refractivity contribution is 0.0696. The molecule has 1 aromatic carbocycles. The number of benzene rings is 1. The topological polar surface area (TPSA) is 87.1 Å². The first kappa shape index (κ1) is 15.1. The Morgan fingerprint density at radius 3 is 1.90 bits per heavy atom. The van der Waals surface area contributed by atoms with Gasteiger partial charge in [0, 0.05) is 44.1 Å². The summed E-state index contributed by atoms with van der Waals surface area (Å²) in [7, 11) is 0. The van der Waals surface area contributed by atoms with E-state index in [4.69, 9.17) is 5.11 Å². The van der Waals surface area contributed by atoms with Crippen LogP contribution < -0.4 is 10.6 Å². The van der Waals surface area contributed by atoms with E-state index in [-0.39, 0.29) is 5.56 Å². The van der Waals surface area contributed by atoms with Crippen LogP contribution in [0.2, 0.25) is 0 Å². The Labute approximate surface area is 123 Å². The van der Waals surface area contributed by atoms with Crippen molar-refractivity contribution in [3.8, 4) is 11.4 Å². The molecule has 0 aliphatic carbocycles. The molecule has 6 heteroatoms. The van der Waals surface area contributed by atoms with Crippen molar-refractivity contribution in [3.63, 3.8) is 0 Å². The number of rotatable bonds is 2. The van der Waals surface area contributed by atoms with Crippen LogP contribution in [0.3, 0.4) is 0 Å². The average Bonchev–Trinajstić information content (AvgIpc) is 2.58. The second kappa shape index (κ2) is 8.08. The van der Waals surface area contributed by atoms with Gasteiger partial charge in [-0.2, -0.15) is 0 Å². The van der Waals surface area contributed by atoms with Gasteiger partial charge in [0.25, 0.3) is 0 Å². The first-order chi connectivity index (χ1) is 10.3. The number of carboxylic acid groups (broad SMARTS) is 1. The molecule has 0 spiro atoms. The van der Waals surface area contributed by atoms with Crippen molar-refractivity contribution in [1.82, 2.24) is 20.6 Å². The summed E-state index contributed by atoms with van der Waals surface area (Å²) in [5.41, 5.74) is 0.962. The summed E-state index contributed by atoms with van der Waals surface area (Å²) >= 11 is 0. The van der Waals surface area contributed by atoms with Crippen molar-refractivity contribution in [2.75, 3.05) is 26.2 Å². The molecule has 0 atom stereocenters. The van der Waals surface area contributed by atoms with Crippen molar-refractivity contribution in [1.29, 1.82) is 0 Å². The summed E-state index contributed by atoms with van der Waals surface area (Å²) in [4.78, 5) is 18.5. The molecule has 0 unspecified atom stereocenters. The minimum atomic E-state index is -1.02. The number of nitrogens with zero attached hydrogens (tertiary/aromatic N) is 2. The lowest BCUT2D eigenvalue weighted by Crippen LogP contribution is -2.39. The van der Waals surface area contributed by atoms with Gasteiger partial charge in [-0.25, -0.2) is 14.8 Å². The zero-order chi connectivity index (χ0) is 14.9. The number of carboxylic acids is 1. The molecule has 1 aromatic heterocycles. The van der Waals surface area contributed by atoms with Gasteiger partial charge >= 0.3 is 5.97 Å². The van der Waals surface area contributed by atoms with E-state index >= 15 is 0 Å². The van der Waals surface area contributed by atoms with Crippen molar-refractivity contribution in [2.24, 2.45) is 0 Å². The van der Waals surface area contributed by atoms with Crippen LogP contribution in [0.4, 0.5) is 0 Å². The Bertz CT molecular complexity index is 542. The smallest absolute Gasteiger partial charge is 0.338 e. The lowest BCUT2D eigenvalue weighted by Gasteiger charge is -2.11. The molecular weight excluding hydrogens is 268 g/mol. The largest absolute Gasteiger partial charge is 0.478 e. The van der Waals surface area contributed by atoms with Crippen LogP contribution in [0.15, 0.2) is 42.7 Å². The summed E-state index contributed by atoms with van der Waals surface area (Å²) in [6, 6.07) is 9.40. The van der Waals surface area contributed by atoms with E-state index in [2.05, 4.69) is 20.6 Å². The second-order valence-electron chi connectivity index (χ2n) is 4.47. The molecule has 0 bridgehead atoms. The molecule has 0 saturated carbocycles. The number of aromatic nitrogens is 2. The van der Waals surface area contributed by atoms with Gasteiger partial charge in [0.1, 0.15) is 0 Å². The van der Waals surface area contributed by atoms with Crippen molar-refractivity contribution < 1.29 is 9.90 Å². The zero-order valence-electron chi connectivity index (χ0n) is 11.6. The monoisotopic (exact) mass is 286 g/mol. The van der Waals surface area contributed by atoms with Crippen LogP contribution in [0.25, 0.3) is 11.4 Å². The van der Waals surface area contributed by atoms with Gasteiger partial charge in [-0.15, -0.1) is 0 Å². The van der Waals surface area contributed by atoms with E-state index in [1.54, 1.807) is 0 Å².